The monoisotopic (exact) mass is 472 g/mol. The second kappa shape index (κ2) is 11.3. The molecule has 0 bridgehead atoms. The molecule has 2 N–H and O–H groups in total. The van der Waals surface area contributed by atoms with Crippen LogP contribution in [0.25, 0.3) is 0 Å². The van der Waals surface area contributed by atoms with Crippen molar-refractivity contribution in [1.82, 2.24) is 20.0 Å². The van der Waals surface area contributed by atoms with Gasteiger partial charge in [0.25, 0.3) is 5.91 Å². The lowest BCUT2D eigenvalue weighted by atomic mass is 10.0. The molecule has 4 rings (SSSR count). The Kier molecular flexibility index (Phi) is 8.50. The van der Waals surface area contributed by atoms with Crippen molar-refractivity contribution < 1.29 is 37.0 Å². The molecule has 0 spiro atoms. The summed E-state index contributed by atoms with van der Waals surface area (Å²) in [5.74, 6) is -2.09. The van der Waals surface area contributed by atoms with E-state index < -0.39 is 12.1 Å². The van der Waals surface area contributed by atoms with Crippen LogP contribution < -0.4 is 5.32 Å². The number of nitrogens with one attached hydrogen (secondary N) is 1. The first kappa shape index (κ1) is 24.8. The third-order valence-electron chi connectivity index (χ3n) is 5.63. The van der Waals surface area contributed by atoms with Crippen molar-refractivity contribution in [2.24, 2.45) is 5.92 Å². The maximum atomic E-state index is 12.0. The lowest BCUT2D eigenvalue weighted by Crippen LogP contribution is -2.41. The zero-order chi connectivity index (χ0) is 23.8. The minimum Gasteiger partial charge on any atom is -0.475 e. The van der Waals surface area contributed by atoms with E-state index in [0.29, 0.717) is 24.3 Å². The SMILES string of the molecule is O=C(NCCC1CN(C2CCOCC2)Cc2ccnn2C1)c1ccco1.O=C(O)C(F)(F)F. The standard InChI is InChI=1S/C19H26N4O3.C2HF3O2/c24-19(18-2-1-9-26-18)20-7-3-15-12-22(16-5-10-25-11-6-16)14-17-4-8-21-23(17)13-15;3-2(4,5)1(6)7/h1-2,4,8-9,15-16H,3,5-7,10-14H2,(H,20,24);(H,6,7). The Hall–Kier alpha value is -2.86. The minimum absolute atomic E-state index is 0.148. The molecule has 0 aliphatic carbocycles. The molecule has 1 amide bonds. The van der Waals surface area contributed by atoms with Gasteiger partial charge in [0.2, 0.25) is 0 Å². The molecule has 2 aromatic heterocycles. The summed E-state index contributed by atoms with van der Waals surface area (Å²) in [4.78, 5) is 23.5. The van der Waals surface area contributed by atoms with Gasteiger partial charge in [0, 0.05) is 51.6 Å². The maximum Gasteiger partial charge on any atom is 0.490 e. The molecule has 2 aliphatic rings. The van der Waals surface area contributed by atoms with Crippen LogP contribution in [0.15, 0.2) is 35.1 Å². The quantitative estimate of drug-likeness (QED) is 0.688. The van der Waals surface area contributed by atoms with E-state index in [1.54, 1.807) is 12.1 Å². The van der Waals surface area contributed by atoms with Crippen LogP contribution in [0, 0.1) is 5.92 Å². The number of nitrogens with zero attached hydrogens (tertiary/aromatic N) is 3. The Morgan fingerprint density at radius 3 is 2.58 bits per heavy atom. The van der Waals surface area contributed by atoms with Gasteiger partial charge in [0.1, 0.15) is 0 Å². The maximum absolute atomic E-state index is 12.0. The Bertz CT molecular complexity index is 894. The summed E-state index contributed by atoms with van der Waals surface area (Å²) in [6, 6.07) is 6.10. The number of hydrogen-bond donors (Lipinski definition) is 2. The number of aromatic nitrogens is 2. The van der Waals surface area contributed by atoms with Gasteiger partial charge < -0.3 is 19.6 Å². The second-order valence-electron chi connectivity index (χ2n) is 7.97. The van der Waals surface area contributed by atoms with E-state index in [4.69, 9.17) is 19.1 Å². The Labute approximate surface area is 188 Å². The molecule has 1 fully saturated rings. The number of carbonyl (C=O) groups is 2. The zero-order valence-corrected chi connectivity index (χ0v) is 18.0. The Morgan fingerprint density at radius 2 is 1.94 bits per heavy atom. The van der Waals surface area contributed by atoms with Crippen molar-refractivity contribution in [2.45, 2.75) is 44.6 Å². The van der Waals surface area contributed by atoms with Crippen molar-refractivity contribution in [1.29, 1.82) is 0 Å². The first-order chi connectivity index (χ1) is 15.7. The smallest absolute Gasteiger partial charge is 0.475 e. The zero-order valence-electron chi connectivity index (χ0n) is 18.0. The van der Waals surface area contributed by atoms with Gasteiger partial charge in [0.05, 0.1) is 12.0 Å². The molecule has 1 atom stereocenters. The van der Waals surface area contributed by atoms with Gasteiger partial charge >= 0.3 is 12.1 Å². The number of aliphatic carboxylic acids is 1. The van der Waals surface area contributed by atoms with Crippen LogP contribution in [0.2, 0.25) is 0 Å². The predicted octanol–water partition coefficient (Wildman–Crippen LogP) is 2.54. The number of furan rings is 1. The number of halogens is 3. The first-order valence-corrected chi connectivity index (χ1v) is 10.7. The number of carboxylic acids is 1. The average molecular weight is 472 g/mol. The van der Waals surface area contributed by atoms with Gasteiger partial charge in [-0.25, -0.2) is 4.79 Å². The van der Waals surface area contributed by atoms with Crippen molar-refractivity contribution in [2.75, 3.05) is 26.3 Å². The van der Waals surface area contributed by atoms with E-state index in [9.17, 15) is 18.0 Å². The number of ether oxygens (including phenoxy) is 1. The fourth-order valence-corrected chi connectivity index (χ4v) is 3.96. The molecule has 33 heavy (non-hydrogen) atoms. The fraction of sp³-hybridized carbons (Fsp3) is 0.571. The van der Waals surface area contributed by atoms with Crippen LogP contribution in [0.3, 0.4) is 0 Å². The number of hydrogen-bond acceptors (Lipinski definition) is 6. The molecule has 0 radical (unpaired) electrons. The number of carboxylic acid groups (broad SMARTS) is 1. The van der Waals surface area contributed by atoms with Gasteiger partial charge in [-0.3, -0.25) is 14.4 Å². The molecule has 1 unspecified atom stereocenters. The highest BCUT2D eigenvalue weighted by molar-refractivity contribution is 5.91. The average Bonchev–Trinajstić information content (AvgIpc) is 3.43. The highest BCUT2D eigenvalue weighted by Crippen LogP contribution is 2.24. The number of alkyl halides is 3. The van der Waals surface area contributed by atoms with Gasteiger partial charge in [-0.05, 0) is 43.4 Å². The Morgan fingerprint density at radius 1 is 1.21 bits per heavy atom. The van der Waals surface area contributed by atoms with E-state index in [0.717, 1.165) is 52.1 Å². The topological polar surface area (TPSA) is 110 Å². The molecule has 182 valence electrons. The predicted molar refractivity (Wildman–Crippen MR) is 109 cm³/mol. The van der Waals surface area contributed by atoms with Crippen LogP contribution in [-0.4, -0.2) is 70.2 Å². The summed E-state index contributed by atoms with van der Waals surface area (Å²) in [7, 11) is 0. The van der Waals surface area contributed by atoms with Crippen molar-refractivity contribution >= 4 is 11.9 Å². The lowest BCUT2D eigenvalue weighted by molar-refractivity contribution is -0.192. The van der Waals surface area contributed by atoms with Gasteiger partial charge in [-0.1, -0.05) is 0 Å². The van der Waals surface area contributed by atoms with Crippen LogP contribution in [0.1, 0.15) is 35.5 Å². The fourth-order valence-electron chi connectivity index (χ4n) is 3.96. The molecule has 4 heterocycles. The summed E-state index contributed by atoms with van der Waals surface area (Å²) in [5, 5.41) is 14.6. The van der Waals surface area contributed by atoms with E-state index in [1.807, 2.05) is 6.20 Å². The highest BCUT2D eigenvalue weighted by Gasteiger charge is 2.38. The summed E-state index contributed by atoms with van der Waals surface area (Å²) < 4.78 is 44.5. The van der Waals surface area contributed by atoms with Crippen LogP contribution in [0.4, 0.5) is 13.2 Å². The van der Waals surface area contributed by atoms with E-state index >= 15 is 0 Å². The van der Waals surface area contributed by atoms with Crippen LogP contribution >= 0.6 is 0 Å². The molecule has 9 nitrogen and oxygen atoms in total. The van der Waals surface area contributed by atoms with Gasteiger partial charge in [0.15, 0.2) is 5.76 Å². The summed E-state index contributed by atoms with van der Waals surface area (Å²) in [6.07, 6.45) is 1.43. The molecule has 1 saturated heterocycles. The highest BCUT2D eigenvalue weighted by atomic mass is 19.4. The molecule has 2 aliphatic heterocycles. The first-order valence-electron chi connectivity index (χ1n) is 10.7. The lowest BCUT2D eigenvalue weighted by Gasteiger charge is -2.34. The number of rotatable bonds is 5. The minimum atomic E-state index is -5.08. The van der Waals surface area contributed by atoms with Crippen molar-refractivity contribution in [3.8, 4) is 0 Å². The molecule has 12 heteroatoms. The van der Waals surface area contributed by atoms with Crippen molar-refractivity contribution in [3.05, 3.63) is 42.1 Å². The normalized spacial score (nSPS) is 19.7. The largest absolute Gasteiger partial charge is 0.490 e. The van der Waals surface area contributed by atoms with E-state index in [-0.39, 0.29) is 5.91 Å². The number of carbonyl (C=O) groups excluding carboxylic acids is 1. The van der Waals surface area contributed by atoms with Gasteiger partial charge in [-0.15, -0.1) is 0 Å². The third-order valence-corrected chi connectivity index (χ3v) is 5.63. The van der Waals surface area contributed by atoms with Gasteiger partial charge in [-0.2, -0.15) is 18.3 Å². The molecule has 0 aromatic carbocycles. The number of amides is 1. The summed E-state index contributed by atoms with van der Waals surface area (Å²) >= 11 is 0. The Balaban J connectivity index is 0.000000383. The summed E-state index contributed by atoms with van der Waals surface area (Å²) in [5.41, 5.74) is 1.28. The van der Waals surface area contributed by atoms with E-state index in [1.165, 1.54) is 12.0 Å². The van der Waals surface area contributed by atoms with Crippen LogP contribution in [0.5, 0.6) is 0 Å². The third kappa shape index (κ3) is 7.32. The van der Waals surface area contributed by atoms with E-state index in [2.05, 4.69) is 26.1 Å². The molecule has 0 saturated carbocycles. The molecular formula is C21H27F3N4O5. The molecule has 2 aromatic rings. The molecular weight excluding hydrogens is 445 g/mol. The summed E-state index contributed by atoms with van der Waals surface area (Å²) in [6.45, 7) is 5.22. The second-order valence-corrected chi connectivity index (χ2v) is 7.97. The van der Waals surface area contributed by atoms with Crippen molar-refractivity contribution in [3.63, 3.8) is 0 Å². The number of fused-ring (bicyclic) bond motifs is 1. The van der Waals surface area contributed by atoms with Crippen LogP contribution in [-0.2, 0) is 22.6 Å².